The van der Waals surface area contributed by atoms with Gasteiger partial charge in [-0.1, -0.05) is 35.9 Å². The predicted octanol–water partition coefficient (Wildman–Crippen LogP) is 4.61. The summed E-state index contributed by atoms with van der Waals surface area (Å²) in [4.78, 5) is 20.7. The molecule has 0 atom stereocenters. The van der Waals surface area contributed by atoms with E-state index in [0.29, 0.717) is 23.1 Å². The van der Waals surface area contributed by atoms with Crippen molar-refractivity contribution < 1.29 is 4.79 Å². The standard InChI is InChI=1S/C20H19ClN4O/c1-13-7-8-16(9-14(13)2)25-20(26)18-10-19(24-12-23-18)22-11-15-5-3-4-6-17(15)21/h3-10,12H,11H2,1-2H3,(H,25,26)(H,22,23,24). The van der Waals surface area contributed by atoms with E-state index in [4.69, 9.17) is 11.6 Å². The molecule has 0 aliphatic carbocycles. The van der Waals surface area contributed by atoms with Crippen molar-refractivity contribution in [2.45, 2.75) is 20.4 Å². The predicted molar refractivity (Wildman–Crippen MR) is 105 cm³/mol. The van der Waals surface area contributed by atoms with Crippen LogP contribution < -0.4 is 10.6 Å². The van der Waals surface area contributed by atoms with Crippen molar-refractivity contribution in [3.05, 3.63) is 82.3 Å². The van der Waals surface area contributed by atoms with E-state index in [0.717, 1.165) is 16.8 Å². The molecule has 2 aromatic carbocycles. The lowest BCUT2D eigenvalue weighted by Crippen LogP contribution is -2.15. The van der Waals surface area contributed by atoms with Gasteiger partial charge in [-0.15, -0.1) is 0 Å². The number of rotatable bonds is 5. The fraction of sp³-hybridized carbons (Fsp3) is 0.150. The van der Waals surface area contributed by atoms with Crippen LogP contribution in [0.15, 0.2) is 54.9 Å². The molecule has 3 rings (SSSR count). The molecule has 0 fully saturated rings. The van der Waals surface area contributed by atoms with Crippen LogP contribution >= 0.6 is 11.6 Å². The second kappa shape index (κ2) is 7.97. The summed E-state index contributed by atoms with van der Waals surface area (Å²) in [7, 11) is 0. The SMILES string of the molecule is Cc1ccc(NC(=O)c2cc(NCc3ccccc3Cl)ncn2)cc1C. The van der Waals surface area contributed by atoms with E-state index in [1.807, 2.05) is 56.3 Å². The van der Waals surface area contributed by atoms with Crippen LogP contribution in [0.1, 0.15) is 27.2 Å². The van der Waals surface area contributed by atoms with E-state index < -0.39 is 0 Å². The van der Waals surface area contributed by atoms with Crippen LogP contribution in [0.3, 0.4) is 0 Å². The molecule has 0 unspecified atom stereocenters. The van der Waals surface area contributed by atoms with E-state index in [2.05, 4.69) is 20.6 Å². The molecule has 26 heavy (non-hydrogen) atoms. The number of anilines is 2. The molecule has 5 nitrogen and oxygen atoms in total. The van der Waals surface area contributed by atoms with E-state index in [1.54, 1.807) is 6.07 Å². The summed E-state index contributed by atoms with van der Waals surface area (Å²) in [5.74, 6) is 0.279. The number of carbonyl (C=O) groups is 1. The molecule has 132 valence electrons. The zero-order valence-corrected chi connectivity index (χ0v) is 15.3. The van der Waals surface area contributed by atoms with Crippen LogP contribution in [0.25, 0.3) is 0 Å². The van der Waals surface area contributed by atoms with Gasteiger partial charge in [-0.05, 0) is 48.7 Å². The number of carbonyl (C=O) groups excluding carboxylic acids is 1. The normalized spacial score (nSPS) is 10.4. The Bertz CT molecular complexity index is 943. The molecule has 3 aromatic rings. The van der Waals surface area contributed by atoms with Crippen LogP contribution in [0.5, 0.6) is 0 Å². The van der Waals surface area contributed by atoms with Crippen molar-refractivity contribution in [1.82, 2.24) is 9.97 Å². The topological polar surface area (TPSA) is 66.9 Å². The highest BCUT2D eigenvalue weighted by Crippen LogP contribution is 2.17. The highest BCUT2D eigenvalue weighted by atomic mass is 35.5. The molecule has 0 aliphatic rings. The number of benzene rings is 2. The van der Waals surface area contributed by atoms with Crippen molar-refractivity contribution in [2.24, 2.45) is 0 Å². The summed E-state index contributed by atoms with van der Waals surface area (Å²) in [5, 5.41) is 6.70. The lowest BCUT2D eigenvalue weighted by atomic mass is 10.1. The third kappa shape index (κ3) is 4.37. The van der Waals surface area contributed by atoms with Gasteiger partial charge >= 0.3 is 0 Å². The third-order valence-electron chi connectivity index (χ3n) is 4.08. The summed E-state index contributed by atoms with van der Waals surface area (Å²) in [6.45, 7) is 4.55. The van der Waals surface area contributed by atoms with Gasteiger partial charge in [0.2, 0.25) is 0 Å². The van der Waals surface area contributed by atoms with Crippen molar-refractivity contribution in [1.29, 1.82) is 0 Å². The summed E-state index contributed by atoms with van der Waals surface area (Å²) < 4.78 is 0. The highest BCUT2D eigenvalue weighted by Gasteiger charge is 2.10. The number of aryl methyl sites for hydroxylation is 2. The average molecular weight is 367 g/mol. The Balaban J connectivity index is 1.69. The molecule has 0 bridgehead atoms. The quantitative estimate of drug-likeness (QED) is 0.691. The van der Waals surface area contributed by atoms with E-state index in [9.17, 15) is 4.79 Å². The molecule has 2 N–H and O–H groups in total. The third-order valence-corrected chi connectivity index (χ3v) is 4.45. The number of hydrogen-bond donors (Lipinski definition) is 2. The van der Waals surface area contributed by atoms with Gasteiger partial charge in [0, 0.05) is 23.3 Å². The molecular formula is C20H19ClN4O. The maximum absolute atomic E-state index is 12.4. The molecular weight excluding hydrogens is 348 g/mol. The summed E-state index contributed by atoms with van der Waals surface area (Å²) >= 11 is 6.15. The number of aromatic nitrogens is 2. The summed E-state index contributed by atoms with van der Waals surface area (Å²) in [5.41, 5.74) is 4.28. The number of nitrogens with zero attached hydrogens (tertiary/aromatic N) is 2. The van der Waals surface area contributed by atoms with Gasteiger partial charge in [-0.25, -0.2) is 9.97 Å². The lowest BCUT2D eigenvalue weighted by Gasteiger charge is -2.09. The Kier molecular flexibility index (Phi) is 5.49. The van der Waals surface area contributed by atoms with E-state index >= 15 is 0 Å². The molecule has 6 heteroatoms. The zero-order valence-electron chi connectivity index (χ0n) is 14.6. The Morgan fingerprint density at radius 3 is 2.62 bits per heavy atom. The van der Waals surface area contributed by atoms with Crippen molar-refractivity contribution in [3.63, 3.8) is 0 Å². The fourth-order valence-electron chi connectivity index (χ4n) is 2.42. The van der Waals surface area contributed by atoms with Crippen LogP contribution in [-0.4, -0.2) is 15.9 Å². The average Bonchev–Trinajstić information content (AvgIpc) is 2.64. The second-order valence-corrected chi connectivity index (χ2v) is 6.39. The molecule has 0 radical (unpaired) electrons. The first-order valence-corrected chi connectivity index (χ1v) is 8.58. The van der Waals surface area contributed by atoms with Crippen LogP contribution in [0.2, 0.25) is 5.02 Å². The van der Waals surface area contributed by atoms with Crippen LogP contribution in [0, 0.1) is 13.8 Å². The minimum atomic E-state index is -0.281. The summed E-state index contributed by atoms with van der Waals surface area (Å²) in [6, 6.07) is 15.0. The lowest BCUT2D eigenvalue weighted by molar-refractivity contribution is 0.102. The molecule has 1 heterocycles. The first kappa shape index (κ1) is 17.9. The van der Waals surface area contributed by atoms with E-state index in [1.165, 1.54) is 11.9 Å². The molecule has 1 aromatic heterocycles. The zero-order chi connectivity index (χ0) is 18.5. The highest BCUT2D eigenvalue weighted by molar-refractivity contribution is 6.31. The largest absolute Gasteiger partial charge is 0.366 e. The Morgan fingerprint density at radius 1 is 1.04 bits per heavy atom. The first-order chi connectivity index (χ1) is 12.5. The number of amides is 1. The maximum atomic E-state index is 12.4. The minimum absolute atomic E-state index is 0.281. The first-order valence-electron chi connectivity index (χ1n) is 8.21. The van der Waals surface area contributed by atoms with Gasteiger partial charge in [0.15, 0.2) is 0 Å². The van der Waals surface area contributed by atoms with Crippen molar-refractivity contribution in [2.75, 3.05) is 10.6 Å². The van der Waals surface area contributed by atoms with Gasteiger partial charge in [-0.3, -0.25) is 4.79 Å². The number of halogens is 1. The van der Waals surface area contributed by atoms with Gasteiger partial charge in [0.1, 0.15) is 17.8 Å². The maximum Gasteiger partial charge on any atom is 0.274 e. The van der Waals surface area contributed by atoms with Crippen LogP contribution in [-0.2, 0) is 6.54 Å². The van der Waals surface area contributed by atoms with Crippen LogP contribution in [0.4, 0.5) is 11.5 Å². The Labute approximate surface area is 157 Å². The second-order valence-electron chi connectivity index (χ2n) is 5.99. The van der Waals surface area contributed by atoms with Crippen molar-refractivity contribution >= 4 is 29.0 Å². The van der Waals surface area contributed by atoms with Gasteiger partial charge in [-0.2, -0.15) is 0 Å². The molecule has 0 spiro atoms. The minimum Gasteiger partial charge on any atom is -0.366 e. The van der Waals surface area contributed by atoms with Gasteiger partial charge < -0.3 is 10.6 Å². The van der Waals surface area contributed by atoms with Gasteiger partial charge in [0.05, 0.1) is 0 Å². The fourth-order valence-corrected chi connectivity index (χ4v) is 2.62. The monoisotopic (exact) mass is 366 g/mol. The van der Waals surface area contributed by atoms with E-state index in [-0.39, 0.29) is 5.91 Å². The summed E-state index contributed by atoms with van der Waals surface area (Å²) in [6.07, 6.45) is 1.37. The molecule has 0 saturated heterocycles. The Hall–Kier alpha value is -2.92. The van der Waals surface area contributed by atoms with Crippen molar-refractivity contribution in [3.8, 4) is 0 Å². The number of hydrogen-bond acceptors (Lipinski definition) is 4. The molecule has 0 aliphatic heterocycles. The Morgan fingerprint density at radius 2 is 1.85 bits per heavy atom. The molecule has 0 saturated carbocycles. The van der Waals surface area contributed by atoms with Gasteiger partial charge in [0.25, 0.3) is 5.91 Å². The number of nitrogens with one attached hydrogen (secondary N) is 2. The molecule has 1 amide bonds. The smallest absolute Gasteiger partial charge is 0.274 e.